The maximum Gasteiger partial charge on any atom is 0.220 e. The molecule has 25 heavy (non-hydrogen) atoms. The topological polar surface area (TPSA) is 45.1 Å². The SMILES string of the molecule is OC1=C[C@]2(CCC1)Oc1ccc(Cl)cc1[C@@H]1CC(c3cccs3)=NN12. The van der Waals surface area contributed by atoms with Crippen LogP contribution in [0, 0.1) is 0 Å². The molecule has 3 heterocycles. The largest absolute Gasteiger partial charge is 0.512 e. The average Bonchev–Trinajstić information content (AvgIpc) is 3.25. The second-order valence-electron chi connectivity index (χ2n) is 6.71. The van der Waals surface area contributed by atoms with Crippen LogP contribution in [0.2, 0.25) is 5.02 Å². The number of fused-ring (bicyclic) bond motifs is 4. The minimum Gasteiger partial charge on any atom is -0.512 e. The van der Waals surface area contributed by atoms with Crippen LogP contribution < -0.4 is 4.74 Å². The molecule has 2 aliphatic heterocycles. The number of aliphatic hydroxyl groups is 1. The predicted octanol–water partition coefficient (Wildman–Crippen LogP) is 5.27. The quantitative estimate of drug-likeness (QED) is 0.741. The molecule has 4 nitrogen and oxygen atoms in total. The summed E-state index contributed by atoms with van der Waals surface area (Å²) in [5, 5.41) is 19.9. The molecule has 5 rings (SSSR count). The third-order valence-electron chi connectivity index (χ3n) is 5.08. The molecule has 3 aliphatic rings. The summed E-state index contributed by atoms with van der Waals surface area (Å²) in [6.45, 7) is 0. The summed E-state index contributed by atoms with van der Waals surface area (Å²) >= 11 is 7.94. The molecule has 0 radical (unpaired) electrons. The number of allylic oxidation sites excluding steroid dienone is 1. The third kappa shape index (κ3) is 2.37. The van der Waals surface area contributed by atoms with Crippen molar-refractivity contribution in [2.24, 2.45) is 5.10 Å². The summed E-state index contributed by atoms with van der Waals surface area (Å²) in [6, 6.07) is 9.97. The number of thiophene rings is 1. The molecule has 0 saturated carbocycles. The van der Waals surface area contributed by atoms with Crippen molar-refractivity contribution in [3.05, 3.63) is 63.0 Å². The summed E-state index contributed by atoms with van der Waals surface area (Å²) in [5.41, 5.74) is 1.41. The molecule has 0 unspecified atom stereocenters. The van der Waals surface area contributed by atoms with Gasteiger partial charge in [0.1, 0.15) is 5.75 Å². The van der Waals surface area contributed by atoms with Crippen molar-refractivity contribution in [1.82, 2.24) is 5.01 Å². The highest BCUT2D eigenvalue weighted by Crippen LogP contribution is 2.50. The first-order valence-corrected chi connectivity index (χ1v) is 9.70. The molecular weight excluding hydrogens is 356 g/mol. The number of benzene rings is 1. The Labute approximate surface area is 155 Å². The monoisotopic (exact) mass is 372 g/mol. The fourth-order valence-corrected chi connectivity index (χ4v) is 4.89. The summed E-state index contributed by atoms with van der Waals surface area (Å²) in [4.78, 5) is 1.18. The van der Waals surface area contributed by atoms with Gasteiger partial charge in [0.2, 0.25) is 5.72 Å². The van der Waals surface area contributed by atoms with Gasteiger partial charge >= 0.3 is 0 Å². The number of nitrogens with zero attached hydrogens (tertiary/aromatic N) is 2. The van der Waals surface area contributed by atoms with Crippen LogP contribution >= 0.6 is 22.9 Å². The lowest BCUT2D eigenvalue weighted by Gasteiger charge is -2.47. The Morgan fingerprint density at radius 2 is 2.28 bits per heavy atom. The van der Waals surface area contributed by atoms with E-state index in [0.717, 1.165) is 36.3 Å². The summed E-state index contributed by atoms with van der Waals surface area (Å²) in [5.74, 6) is 1.21. The van der Waals surface area contributed by atoms with Gasteiger partial charge in [0.05, 0.1) is 22.4 Å². The highest BCUT2D eigenvalue weighted by atomic mass is 35.5. The van der Waals surface area contributed by atoms with E-state index in [2.05, 4.69) is 11.4 Å². The highest BCUT2D eigenvalue weighted by molar-refractivity contribution is 7.12. The lowest BCUT2D eigenvalue weighted by atomic mass is 9.90. The Morgan fingerprint density at radius 1 is 1.36 bits per heavy atom. The Balaban J connectivity index is 1.66. The number of ether oxygens (including phenoxy) is 1. The van der Waals surface area contributed by atoms with E-state index in [1.165, 1.54) is 4.88 Å². The van der Waals surface area contributed by atoms with Gasteiger partial charge in [-0.05, 0) is 36.1 Å². The van der Waals surface area contributed by atoms with Crippen LogP contribution in [0.25, 0.3) is 0 Å². The average molecular weight is 373 g/mol. The Morgan fingerprint density at radius 3 is 3.08 bits per heavy atom. The first-order valence-electron chi connectivity index (χ1n) is 8.44. The normalized spacial score (nSPS) is 27.4. The molecule has 1 aromatic heterocycles. The lowest BCUT2D eigenvalue weighted by Crippen LogP contribution is -2.53. The Hall–Kier alpha value is -1.98. The van der Waals surface area contributed by atoms with Crippen LogP contribution in [0.15, 0.2) is 52.6 Å². The first kappa shape index (κ1) is 15.3. The third-order valence-corrected chi connectivity index (χ3v) is 6.24. The standard InChI is InChI=1S/C19H17ClN2O2S/c20-12-5-6-17-14(9-12)16-10-15(18-4-2-8-25-18)21-22(16)19(24-17)7-1-3-13(23)11-19/h2,4-6,8-9,11,16,23H,1,3,7,10H2/t16-,19-/m0/s1. The Bertz CT molecular complexity index is 893. The molecule has 1 spiro atoms. The molecule has 6 heteroatoms. The van der Waals surface area contributed by atoms with Crippen molar-refractivity contribution in [3.63, 3.8) is 0 Å². The fourth-order valence-electron chi connectivity index (χ4n) is 3.99. The zero-order chi connectivity index (χ0) is 17.0. The number of aliphatic hydroxyl groups excluding tert-OH is 1. The number of hydrogen-bond acceptors (Lipinski definition) is 5. The van der Waals surface area contributed by atoms with Gasteiger partial charge in [-0.15, -0.1) is 11.3 Å². The molecule has 0 amide bonds. The van der Waals surface area contributed by atoms with Crippen LogP contribution in [-0.2, 0) is 0 Å². The summed E-state index contributed by atoms with van der Waals surface area (Å²) in [7, 11) is 0. The fraction of sp³-hybridized carbons (Fsp3) is 0.316. The minimum atomic E-state index is -0.715. The predicted molar refractivity (Wildman–Crippen MR) is 99.4 cm³/mol. The molecule has 0 bridgehead atoms. The molecule has 1 aromatic carbocycles. The minimum absolute atomic E-state index is 0.0710. The summed E-state index contributed by atoms with van der Waals surface area (Å²) in [6.07, 6.45) is 5.02. The van der Waals surface area contributed by atoms with Gasteiger partial charge in [0.15, 0.2) is 0 Å². The van der Waals surface area contributed by atoms with Crippen LogP contribution in [0.3, 0.4) is 0 Å². The number of rotatable bonds is 1. The van der Waals surface area contributed by atoms with Crippen molar-refractivity contribution >= 4 is 28.6 Å². The number of halogens is 1. The van der Waals surface area contributed by atoms with Gasteiger partial charge in [0.25, 0.3) is 0 Å². The molecular formula is C19H17ClN2O2S. The van der Waals surface area contributed by atoms with Crippen molar-refractivity contribution in [1.29, 1.82) is 0 Å². The van der Waals surface area contributed by atoms with Gasteiger partial charge in [-0.3, -0.25) is 0 Å². The molecule has 0 saturated heterocycles. The number of hydrazone groups is 1. The lowest BCUT2D eigenvalue weighted by molar-refractivity contribution is -0.0944. The van der Waals surface area contributed by atoms with Gasteiger partial charge in [-0.1, -0.05) is 17.7 Å². The van der Waals surface area contributed by atoms with Crippen molar-refractivity contribution < 1.29 is 9.84 Å². The van der Waals surface area contributed by atoms with E-state index >= 15 is 0 Å². The van der Waals surface area contributed by atoms with Crippen molar-refractivity contribution in [3.8, 4) is 5.75 Å². The van der Waals surface area contributed by atoms with E-state index in [-0.39, 0.29) is 6.04 Å². The second-order valence-corrected chi connectivity index (χ2v) is 8.09. The second kappa shape index (κ2) is 5.51. The van der Waals surface area contributed by atoms with E-state index in [0.29, 0.717) is 17.2 Å². The molecule has 0 fully saturated rings. The maximum atomic E-state index is 10.2. The van der Waals surface area contributed by atoms with E-state index in [1.807, 2.05) is 35.4 Å². The van der Waals surface area contributed by atoms with Crippen molar-refractivity contribution in [2.75, 3.05) is 0 Å². The van der Waals surface area contributed by atoms with E-state index in [4.69, 9.17) is 21.4 Å². The van der Waals surface area contributed by atoms with Crippen LogP contribution in [0.5, 0.6) is 5.75 Å². The highest BCUT2D eigenvalue weighted by Gasteiger charge is 2.50. The summed E-state index contributed by atoms with van der Waals surface area (Å²) < 4.78 is 6.39. The van der Waals surface area contributed by atoms with Gasteiger partial charge in [-0.25, -0.2) is 5.01 Å². The zero-order valence-corrected chi connectivity index (χ0v) is 15.1. The van der Waals surface area contributed by atoms with E-state index in [9.17, 15) is 5.11 Å². The van der Waals surface area contributed by atoms with Crippen LogP contribution in [-0.4, -0.2) is 21.6 Å². The maximum absolute atomic E-state index is 10.2. The zero-order valence-electron chi connectivity index (χ0n) is 13.5. The Kier molecular flexibility index (Phi) is 3.37. The van der Waals surface area contributed by atoms with Gasteiger partial charge < -0.3 is 9.84 Å². The van der Waals surface area contributed by atoms with Gasteiger partial charge in [0, 0.05) is 35.9 Å². The molecule has 128 valence electrons. The van der Waals surface area contributed by atoms with Crippen LogP contribution in [0.1, 0.15) is 42.2 Å². The van der Waals surface area contributed by atoms with E-state index in [1.54, 1.807) is 11.3 Å². The molecule has 2 atom stereocenters. The molecule has 2 aromatic rings. The molecule has 1 aliphatic carbocycles. The van der Waals surface area contributed by atoms with Gasteiger partial charge in [-0.2, -0.15) is 5.10 Å². The smallest absolute Gasteiger partial charge is 0.220 e. The van der Waals surface area contributed by atoms with Crippen LogP contribution in [0.4, 0.5) is 0 Å². The molecule has 1 N–H and O–H groups in total. The number of hydrogen-bond donors (Lipinski definition) is 1. The van der Waals surface area contributed by atoms with E-state index < -0.39 is 5.72 Å². The van der Waals surface area contributed by atoms with Crippen molar-refractivity contribution in [2.45, 2.75) is 37.5 Å². The first-order chi connectivity index (χ1) is 12.1.